The molecule has 0 saturated heterocycles. The lowest BCUT2D eigenvalue weighted by Crippen LogP contribution is -2.20. The van der Waals surface area contributed by atoms with Gasteiger partial charge in [0, 0.05) is 31.2 Å². The molecule has 0 radical (unpaired) electrons. The van der Waals surface area contributed by atoms with Crippen molar-refractivity contribution < 1.29 is 10.6 Å². The number of carbonyl (C=O) groups excluding carboxylic acids is 1. The number of furan rings is 1. The first kappa shape index (κ1) is 21.8. The SMILES string of the molecule is C=CC(=O)c1cn2c(cc1=O)-c1oc3c(C4CC4)cccc3c1CC2.CC.CCC.[HH]. The van der Waals surface area contributed by atoms with Crippen molar-refractivity contribution in [1.29, 1.82) is 0 Å². The van der Waals surface area contributed by atoms with Crippen LogP contribution in [0.3, 0.4) is 0 Å². The van der Waals surface area contributed by atoms with Gasteiger partial charge in [-0.1, -0.05) is 58.9 Å². The van der Waals surface area contributed by atoms with Crippen LogP contribution in [0, 0.1) is 0 Å². The molecule has 1 aliphatic heterocycles. The second-order valence-electron chi connectivity index (χ2n) is 7.56. The summed E-state index contributed by atoms with van der Waals surface area (Å²) in [5.74, 6) is 1.03. The van der Waals surface area contributed by atoms with Crippen molar-refractivity contribution in [2.75, 3.05) is 0 Å². The summed E-state index contributed by atoms with van der Waals surface area (Å²) in [5, 5.41) is 1.16. The van der Waals surface area contributed by atoms with Gasteiger partial charge in [-0.05, 0) is 36.8 Å². The Hall–Kier alpha value is -2.88. The summed E-state index contributed by atoms with van der Waals surface area (Å²) in [4.78, 5) is 24.3. The molecule has 2 aliphatic rings. The van der Waals surface area contributed by atoms with Crippen molar-refractivity contribution in [3.05, 3.63) is 70.0 Å². The largest absolute Gasteiger partial charge is 0.454 e. The zero-order valence-electron chi connectivity index (χ0n) is 18.5. The molecule has 0 bridgehead atoms. The van der Waals surface area contributed by atoms with Crippen LogP contribution in [0.1, 0.15) is 75.8 Å². The maximum absolute atomic E-state index is 12.4. The lowest BCUT2D eigenvalue weighted by molar-refractivity contribution is 0.104. The highest BCUT2D eigenvalue weighted by Gasteiger charge is 2.30. The van der Waals surface area contributed by atoms with E-state index in [1.165, 1.54) is 42.5 Å². The molecular formula is C26H33NO3. The average Bonchev–Trinajstić information content (AvgIpc) is 3.54. The number of aromatic nitrogens is 1. The van der Waals surface area contributed by atoms with E-state index in [0.717, 1.165) is 35.4 Å². The zero-order chi connectivity index (χ0) is 21.8. The summed E-state index contributed by atoms with van der Waals surface area (Å²) in [6, 6.07) is 7.87. The number of pyridine rings is 1. The fourth-order valence-corrected chi connectivity index (χ4v) is 3.85. The fourth-order valence-electron chi connectivity index (χ4n) is 3.85. The molecule has 160 valence electrons. The van der Waals surface area contributed by atoms with Crippen molar-refractivity contribution in [3.63, 3.8) is 0 Å². The third kappa shape index (κ3) is 3.91. The first-order valence-corrected chi connectivity index (χ1v) is 11.0. The molecule has 0 amide bonds. The molecule has 4 heteroatoms. The van der Waals surface area contributed by atoms with Gasteiger partial charge in [0.25, 0.3) is 0 Å². The molecule has 0 spiro atoms. The number of hydrogen-bond donors (Lipinski definition) is 0. The number of nitrogens with zero attached hydrogens (tertiary/aromatic N) is 1. The van der Waals surface area contributed by atoms with Crippen LogP contribution in [0.25, 0.3) is 22.4 Å². The molecule has 2 aromatic heterocycles. The Morgan fingerprint density at radius 2 is 2.00 bits per heavy atom. The van der Waals surface area contributed by atoms with E-state index >= 15 is 0 Å². The summed E-state index contributed by atoms with van der Waals surface area (Å²) >= 11 is 0. The van der Waals surface area contributed by atoms with Gasteiger partial charge in [0.15, 0.2) is 17.0 Å². The number of fused-ring (bicyclic) bond motifs is 5. The summed E-state index contributed by atoms with van der Waals surface area (Å²) < 4.78 is 8.21. The summed E-state index contributed by atoms with van der Waals surface area (Å²) in [7, 11) is 0. The van der Waals surface area contributed by atoms with Crippen LogP contribution < -0.4 is 5.43 Å². The third-order valence-corrected chi connectivity index (χ3v) is 5.28. The van der Waals surface area contributed by atoms with E-state index in [1.807, 2.05) is 18.4 Å². The van der Waals surface area contributed by atoms with Gasteiger partial charge in [0.1, 0.15) is 5.58 Å². The van der Waals surface area contributed by atoms with E-state index in [0.29, 0.717) is 5.92 Å². The Balaban J connectivity index is 0.000000527. The van der Waals surface area contributed by atoms with Gasteiger partial charge in [-0.3, -0.25) is 9.59 Å². The lowest BCUT2D eigenvalue weighted by atomic mass is 9.99. The molecule has 5 rings (SSSR count). The number of hydrogen-bond acceptors (Lipinski definition) is 3. The molecule has 0 atom stereocenters. The first-order valence-electron chi connectivity index (χ1n) is 11.0. The van der Waals surface area contributed by atoms with Gasteiger partial charge >= 0.3 is 0 Å². The number of benzene rings is 1. The second kappa shape index (κ2) is 9.29. The summed E-state index contributed by atoms with van der Waals surface area (Å²) in [5.41, 5.74) is 4.04. The molecule has 3 aromatic rings. The van der Waals surface area contributed by atoms with E-state index in [4.69, 9.17) is 4.42 Å². The molecule has 1 aliphatic carbocycles. The van der Waals surface area contributed by atoms with Crippen LogP contribution in [0.4, 0.5) is 0 Å². The Kier molecular flexibility index (Phi) is 6.76. The van der Waals surface area contributed by atoms with Crippen LogP contribution in [0.5, 0.6) is 0 Å². The van der Waals surface area contributed by atoms with Crippen LogP contribution in [-0.2, 0) is 13.0 Å². The van der Waals surface area contributed by atoms with Gasteiger partial charge in [-0.25, -0.2) is 0 Å². The third-order valence-electron chi connectivity index (χ3n) is 5.28. The maximum Gasteiger partial charge on any atom is 0.193 e. The number of para-hydroxylation sites is 1. The monoisotopic (exact) mass is 407 g/mol. The van der Waals surface area contributed by atoms with Gasteiger partial charge in [-0.2, -0.15) is 0 Å². The number of aryl methyl sites for hydroxylation is 2. The van der Waals surface area contributed by atoms with Crippen LogP contribution in [0.2, 0.25) is 0 Å². The number of rotatable bonds is 3. The summed E-state index contributed by atoms with van der Waals surface area (Å²) in [6.07, 6.45) is 7.33. The highest BCUT2D eigenvalue weighted by Crippen LogP contribution is 2.46. The maximum atomic E-state index is 12.4. The van der Waals surface area contributed by atoms with Crippen molar-refractivity contribution in [1.82, 2.24) is 4.57 Å². The minimum absolute atomic E-state index is 0. The Morgan fingerprint density at radius 3 is 2.63 bits per heavy atom. The molecule has 0 N–H and O–H groups in total. The van der Waals surface area contributed by atoms with E-state index in [1.54, 1.807) is 6.20 Å². The smallest absolute Gasteiger partial charge is 0.193 e. The predicted molar refractivity (Wildman–Crippen MR) is 126 cm³/mol. The summed E-state index contributed by atoms with van der Waals surface area (Å²) in [6.45, 7) is 12.4. The molecule has 1 fully saturated rings. The lowest BCUT2D eigenvalue weighted by Gasteiger charge is -2.18. The van der Waals surface area contributed by atoms with E-state index in [2.05, 4.69) is 38.6 Å². The number of carbonyl (C=O) groups is 1. The quantitative estimate of drug-likeness (QED) is 0.356. The highest BCUT2D eigenvalue weighted by atomic mass is 16.3. The number of ketones is 1. The molecule has 0 unspecified atom stereocenters. The minimum Gasteiger partial charge on any atom is -0.454 e. The number of allylic oxidation sites excluding steroid dienone is 1. The molecule has 1 saturated carbocycles. The first-order chi connectivity index (χ1) is 14.6. The normalized spacial score (nSPS) is 13.9. The van der Waals surface area contributed by atoms with E-state index < -0.39 is 0 Å². The molecule has 1 aromatic carbocycles. The predicted octanol–water partition coefficient (Wildman–Crippen LogP) is 6.75. The van der Waals surface area contributed by atoms with Gasteiger partial charge in [0.05, 0.1) is 11.3 Å². The van der Waals surface area contributed by atoms with Crippen molar-refractivity contribution in [2.24, 2.45) is 0 Å². The minimum atomic E-state index is -0.341. The van der Waals surface area contributed by atoms with Crippen LogP contribution >= 0.6 is 0 Å². The van der Waals surface area contributed by atoms with Crippen LogP contribution in [-0.4, -0.2) is 10.4 Å². The Bertz CT molecular complexity index is 1140. The average molecular weight is 408 g/mol. The van der Waals surface area contributed by atoms with Crippen molar-refractivity contribution in [2.45, 2.75) is 65.8 Å². The molecule has 4 nitrogen and oxygen atoms in total. The second-order valence-corrected chi connectivity index (χ2v) is 7.56. The molecular weight excluding hydrogens is 374 g/mol. The zero-order valence-corrected chi connectivity index (χ0v) is 18.5. The van der Waals surface area contributed by atoms with Gasteiger partial charge in [-0.15, -0.1) is 0 Å². The van der Waals surface area contributed by atoms with E-state index in [-0.39, 0.29) is 18.2 Å². The topological polar surface area (TPSA) is 52.2 Å². The Morgan fingerprint density at radius 1 is 1.30 bits per heavy atom. The van der Waals surface area contributed by atoms with Crippen molar-refractivity contribution in [3.8, 4) is 11.5 Å². The van der Waals surface area contributed by atoms with Gasteiger partial charge < -0.3 is 8.98 Å². The Labute approximate surface area is 179 Å². The standard InChI is InChI=1S/C21H17NO3.C3H8.C2H6.H2/c1-2-18(23)16-11-22-9-8-15-14-5-3-4-13(12-6-7-12)20(14)25-21(15)17(22)10-19(16)24;1-3-2;1-2;/h2-5,10-12H,1,6-9H2;3H2,1-2H3;1-2H3;1H. The van der Waals surface area contributed by atoms with Crippen LogP contribution in [0.15, 0.2) is 52.3 Å². The highest BCUT2D eigenvalue weighted by molar-refractivity contribution is 6.04. The molecule has 3 heterocycles. The van der Waals surface area contributed by atoms with Gasteiger partial charge in [0.2, 0.25) is 0 Å². The fraction of sp³-hybridized carbons (Fsp3) is 0.385. The van der Waals surface area contributed by atoms with E-state index in [9.17, 15) is 9.59 Å². The molecule has 30 heavy (non-hydrogen) atoms. The van der Waals surface area contributed by atoms with Crippen molar-refractivity contribution >= 4 is 16.8 Å².